The molecular weight excluding hydrogens is 258 g/mol. The second-order valence-corrected chi connectivity index (χ2v) is 5.43. The summed E-state index contributed by atoms with van der Waals surface area (Å²) in [6.07, 6.45) is 0.942. The van der Waals surface area contributed by atoms with Crippen LogP contribution in [0.2, 0.25) is 0 Å². The van der Waals surface area contributed by atoms with Crippen LogP contribution in [0.4, 0.5) is 5.69 Å². The third-order valence-corrected chi connectivity index (χ3v) is 3.79. The standard InChI is InChI=1S/C18H25N3/c1-4-21(13-17-7-5-6-15(3)20-17)18-9-8-16(10-11-19)14(2)12-18/h5-9,12H,4,10-11,13,19H2,1-3H3. The van der Waals surface area contributed by atoms with Gasteiger partial charge in [-0.05, 0) is 69.1 Å². The molecule has 0 saturated carbocycles. The molecule has 0 bridgehead atoms. The van der Waals surface area contributed by atoms with Crippen LogP contribution in [0.25, 0.3) is 0 Å². The summed E-state index contributed by atoms with van der Waals surface area (Å²) < 4.78 is 0. The fraction of sp³-hybridized carbons (Fsp3) is 0.389. The fourth-order valence-electron chi connectivity index (χ4n) is 2.58. The molecule has 0 unspecified atom stereocenters. The molecule has 1 heterocycles. The van der Waals surface area contributed by atoms with Crippen LogP contribution in [-0.4, -0.2) is 18.1 Å². The number of rotatable bonds is 6. The molecule has 0 aliphatic rings. The van der Waals surface area contributed by atoms with Crippen LogP contribution in [0.5, 0.6) is 0 Å². The molecule has 1 aromatic heterocycles. The molecule has 1 aromatic carbocycles. The number of aryl methyl sites for hydroxylation is 2. The van der Waals surface area contributed by atoms with E-state index in [0.29, 0.717) is 6.54 Å². The summed E-state index contributed by atoms with van der Waals surface area (Å²) in [6, 6.07) is 12.8. The number of nitrogens with two attached hydrogens (primary N) is 1. The van der Waals surface area contributed by atoms with Crippen molar-refractivity contribution >= 4 is 5.69 Å². The first-order valence-corrected chi connectivity index (χ1v) is 7.61. The fourth-order valence-corrected chi connectivity index (χ4v) is 2.58. The predicted molar refractivity (Wildman–Crippen MR) is 89.6 cm³/mol. The Morgan fingerprint density at radius 1 is 1.14 bits per heavy atom. The van der Waals surface area contributed by atoms with E-state index in [4.69, 9.17) is 5.73 Å². The van der Waals surface area contributed by atoms with E-state index in [2.05, 4.69) is 54.1 Å². The van der Waals surface area contributed by atoms with Crippen LogP contribution in [0.15, 0.2) is 36.4 Å². The van der Waals surface area contributed by atoms with E-state index in [1.165, 1.54) is 16.8 Å². The minimum atomic E-state index is 0.699. The summed E-state index contributed by atoms with van der Waals surface area (Å²) in [5.41, 5.74) is 11.7. The Labute approximate surface area is 127 Å². The Kier molecular flexibility index (Phi) is 5.34. The van der Waals surface area contributed by atoms with Crippen LogP contribution in [0, 0.1) is 13.8 Å². The average molecular weight is 283 g/mol. The zero-order valence-corrected chi connectivity index (χ0v) is 13.3. The molecule has 0 amide bonds. The van der Waals surface area contributed by atoms with E-state index in [9.17, 15) is 0 Å². The summed E-state index contributed by atoms with van der Waals surface area (Å²) in [5.74, 6) is 0. The minimum Gasteiger partial charge on any atom is -0.366 e. The number of hydrogen-bond donors (Lipinski definition) is 1. The highest BCUT2D eigenvalue weighted by Gasteiger charge is 2.08. The van der Waals surface area contributed by atoms with Crippen molar-refractivity contribution in [3.63, 3.8) is 0 Å². The van der Waals surface area contributed by atoms with Crippen molar-refractivity contribution in [3.05, 3.63) is 58.9 Å². The van der Waals surface area contributed by atoms with Gasteiger partial charge in [0.15, 0.2) is 0 Å². The molecule has 0 aliphatic carbocycles. The number of aromatic nitrogens is 1. The molecule has 0 atom stereocenters. The zero-order valence-electron chi connectivity index (χ0n) is 13.3. The molecule has 21 heavy (non-hydrogen) atoms. The van der Waals surface area contributed by atoms with Crippen LogP contribution >= 0.6 is 0 Å². The molecule has 3 nitrogen and oxygen atoms in total. The van der Waals surface area contributed by atoms with Crippen LogP contribution in [0.1, 0.15) is 29.4 Å². The minimum absolute atomic E-state index is 0.699. The lowest BCUT2D eigenvalue weighted by Gasteiger charge is -2.24. The first-order chi connectivity index (χ1) is 10.1. The van der Waals surface area contributed by atoms with Gasteiger partial charge in [0.05, 0.1) is 12.2 Å². The Balaban J connectivity index is 2.19. The maximum atomic E-state index is 5.65. The van der Waals surface area contributed by atoms with Gasteiger partial charge in [-0.25, -0.2) is 0 Å². The van der Waals surface area contributed by atoms with Gasteiger partial charge in [-0.3, -0.25) is 4.98 Å². The van der Waals surface area contributed by atoms with E-state index in [-0.39, 0.29) is 0 Å². The highest BCUT2D eigenvalue weighted by atomic mass is 15.1. The normalized spacial score (nSPS) is 10.7. The maximum Gasteiger partial charge on any atom is 0.0602 e. The van der Waals surface area contributed by atoms with Gasteiger partial charge in [0.25, 0.3) is 0 Å². The largest absolute Gasteiger partial charge is 0.366 e. The number of hydrogen-bond acceptors (Lipinski definition) is 3. The molecule has 2 aromatic rings. The Morgan fingerprint density at radius 2 is 1.95 bits per heavy atom. The molecule has 2 rings (SSSR count). The molecule has 0 spiro atoms. The summed E-state index contributed by atoms with van der Waals surface area (Å²) >= 11 is 0. The molecule has 2 N–H and O–H groups in total. The number of pyridine rings is 1. The quantitative estimate of drug-likeness (QED) is 0.885. The molecule has 0 fully saturated rings. The highest BCUT2D eigenvalue weighted by Crippen LogP contribution is 2.21. The van der Waals surface area contributed by atoms with E-state index < -0.39 is 0 Å². The SMILES string of the molecule is CCN(Cc1cccc(C)n1)c1ccc(CCN)c(C)c1. The van der Waals surface area contributed by atoms with E-state index >= 15 is 0 Å². The predicted octanol–water partition coefficient (Wildman–Crippen LogP) is 3.23. The smallest absolute Gasteiger partial charge is 0.0602 e. The second kappa shape index (κ2) is 7.23. The van der Waals surface area contributed by atoms with Crippen molar-refractivity contribution in [1.82, 2.24) is 4.98 Å². The van der Waals surface area contributed by atoms with Crippen LogP contribution in [0.3, 0.4) is 0 Å². The third kappa shape index (κ3) is 4.05. The second-order valence-electron chi connectivity index (χ2n) is 5.43. The highest BCUT2D eigenvalue weighted by molar-refractivity contribution is 5.51. The number of benzene rings is 1. The van der Waals surface area contributed by atoms with E-state index in [1.54, 1.807) is 0 Å². The lowest BCUT2D eigenvalue weighted by molar-refractivity contribution is 0.804. The first-order valence-electron chi connectivity index (χ1n) is 7.61. The summed E-state index contributed by atoms with van der Waals surface area (Å²) in [4.78, 5) is 6.95. The van der Waals surface area contributed by atoms with E-state index in [0.717, 1.165) is 30.9 Å². The van der Waals surface area contributed by atoms with Gasteiger partial charge in [0, 0.05) is 17.9 Å². The molecule has 112 valence electrons. The van der Waals surface area contributed by atoms with Gasteiger partial charge in [-0.15, -0.1) is 0 Å². The molecule has 3 heteroatoms. The van der Waals surface area contributed by atoms with Gasteiger partial charge in [-0.1, -0.05) is 12.1 Å². The van der Waals surface area contributed by atoms with Crippen LogP contribution in [-0.2, 0) is 13.0 Å². The lowest BCUT2D eigenvalue weighted by atomic mass is 10.0. The topological polar surface area (TPSA) is 42.2 Å². The summed E-state index contributed by atoms with van der Waals surface area (Å²) in [7, 11) is 0. The van der Waals surface area contributed by atoms with Gasteiger partial charge >= 0.3 is 0 Å². The lowest BCUT2D eigenvalue weighted by Crippen LogP contribution is -2.23. The van der Waals surface area contributed by atoms with Gasteiger partial charge in [0.2, 0.25) is 0 Å². The van der Waals surface area contributed by atoms with Crippen molar-refractivity contribution in [2.75, 3.05) is 18.0 Å². The average Bonchev–Trinajstić information content (AvgIpc) is 2.47. The maximum absolute atomic E-state index is 5.65. The van der Waals surface area contributed by atoms with Gasteiger partial charge in [0.1, 0.15) is 0 Å². The molecular formula is C18H25N3. The Hall–Kier alpha value is -1.87. The van der Waals surface area contributed by atoms with Crippen molar-refractivity contribution < 1.29 is 0 Å². The number of nitrogens with zero attached hydrogens (tertiary/aromatic N) is 2. The van der Waals surface area contributed by atoms with Gasteiger partial charge < -0.3 is 10.6 Å². The summed E-state index contributed by atoms with van der Waals surface area (Å²) in [6.45, 7) is 8.88. The Bertz CT molecular complexity index is 593. The monoisotopic (exact) mass is 283 g/mol. The van der Waals surface area contributed by atoms with Crippen molar-refractivity contribution in [3.8, 4) is 0 Å². The van der Waals surface area contributed by atoms with Crippen molar-refractivity contribution in [2.24, 2.45) is 5.73 Å². The van der Waals surface area contributed by atoms with E-state index in [1.807, 2.05) is 13.0 Å². The first kappa shape index (κ1) is 15.5. The van der Waals surface area contributed by atoms with Crippen LogP contribution < -0.4 is 10.6 Å². The summed E-state index contributed by atoms with van der Waals surface area (Å²) in [5, 5.41) is 0. The Morgan fingerprint density at radius 3 is 2.57 bits per heavy atom. The molecule has 0 radical (unpaired) electrons. The molecule has 0 saturated heterocycles. The molecule has 0 aliphatic heterocycles. The van der Waals surface area contributed by atoms with Gasteiger partial charge in [-0.2, -0.15) is 0 Å². The van der Waals surface area contributed by atoms with Crippen molar-refractivity contribution in [2.45, 2.75) is 33.7 Å². The number of anilines is 1. The zero-order chi connectivity index (χ0) is 15.2. The third-order valence-electron chi connectivity index (χ3n) is 3.79. The van der Waals surface area contributed by atoms with Crippen molar-refractivity contribution in [1.29, 1.82) is 0 Å².